The van der Waals surface area contributed by atoms with Gasteiger partial charge in [0.05, 0.1) is 24.3 Å². The van der Waals surface area contributed by atoms with Crippen LogP contribution < -0.4 is 11.1 Å². The average Bonchev–Trinajstić information content (AvgIpc) is 2.84. The van der Waals surface area contributed by atoms with Crippen LogP contribution >= 0.6 is 0 Å². The number of carbonyl (C=O) groups is 1. The van der Waals surface area contributed by atoms with E-state index in [0.717, 1.165) is 25.9 Å². The minimum absolute atomic E-state index is 0.0715. The van der Waals surface area contributed by atoms with E-state index in [2.05, 4.69) is 10.4 Å². The van der Waals surface area contributed by atoms with Crippen LogP contribution in [0.4, 0.5) is 5.82 Å². The molecule has 1 amide bonds. The van der Waals surface area contributed by atoms with Crippen molar-refractivity contribution in [2.24, 2.45) is 5.73 Å². The minimum atomic E-state index is -0.859. The first-order valence-corrected chi connectivity index (χ1v) is 7.77. The van der Waals surface area contributed by atoms with E-state index in [0.29, 0.717) is 18.8 Å². The summed E-state index contributed by atoms with van der Waals surface area (Å²) in [4.78, 5) is 12.1. The van der Waals surface area contributed by atoms with Crippen LogP contribution in [0, 0.1) is 0 Å². The standard InChI is InChI=1S/C15H26N4O3/c1-15(2,21)10-19-7-6-13(18-19)17-14(20)12(16)9-11-5-3-4-8-22-11/h6-7,11-12,21H,3-5,8-10,16H2,1-2H3,(H,17,18,20)/t11-,12?/m0/s1. The highest BCUT2D eigenvalue weighted by Gasteiger charge is 2.22. The maximum atomic E-state index is 12.1. The summed E-state index contributed by atoms with van der Waals surface area (Å²) in [7, 11) is 0. The summed E-state index contributed by atoms with van der Waals surface area (Å²) < 4.78 is 7.19. The van der Waals surface area contributed by atoms with E-state index in [-0.39, 0.29) is 12.0 Å². The largest absolute Gasteiger partial charge is 0.389 e. The molecule has 0 saturated carbocycles. The molecule has 2 heterocycles. The van der Waals surface area contributed by atoms with Gasteiger partial charge in [0.2, 0.25) is 5.91 Å². The third kappa shape index (κ3) is 5.40. The summed E-state index contributed by atoms with van der Waals surface area (Å²) in [6, 6.07) is 1.08. The van der Waals surface area contributed by atoms with Gasteiger partial charge in [0.25, 0.3) is 0 Å². The van der Waals surface area contributed by atoms with Crippen LogP contribution in [-0.4, -0.2) is 45.1 Å². The maximum Gasteiger partial charge on any atom is 0.242 e. The van der Waals surface area contributed by atoms with E-state index < -0.39 is 11.6 Å². The van der Waals surface area contributed by atoms with E-state index in [9.17, 15) is 9.90 Å². The first-order valence-electron chi connectivity index (χ1n) is 7.77. The Balaban J connectivity index is 1.83. The number of nitrogens with two attached hydrogens (primary N) is 1. The molecule has 1 aromatic rings. The minimum Gasteiger partial charge on any atom is -0.389 e. The number of nitrogens with one attached hydrogen (secondary N) is 1. The Morgan fingerprint density at radius 1 is 1.64 bits per heavy atom. The lowest BCUT2D eigenvalue weighted by molar-refractivity contribution is -0.118. The number of anilines is 1. The van der Waals surface area contributed by atoms with E-state index >= 15 is 0 Å². The van der Waals surface area contributed by atoms with Gasteiger partial charge in [0, 0.05) is 18.9 Å². The molecule has 1 saturated heterocycles. The number of carbonyl (C=O) groups excluding carboxylic acids is 1. The van der Waals surface area contributed by atoms with Gasteiger partial charge in [-0.3, -0.25) is 9.48 Å². The molecular weight excluding hydrogens is 284 g/mol. The molecule has 7 nitrogen and oxygen atoms in total. The maximum absolute atomic E-state index is 12.1. The molecule has 1 aromatic heterocycles. The Morgan fingerprint density at radius 3 is 3.05 bits per heavy atom. The van der Waals surface area contributed by atoms with Crippen molar-refractivity contribution in [2.45, 2.75) is 63.8 Å². The second kappa shape index (κ2) is 7.21. The van der Waals surface area contributed by atoms with Crippen LogP contribution in [0.1, 0.15) is 39.5 Å². The molecule has 2 rings (SSSR count). The summed E-state index contributed by atoms with van der Waals surface area (Å²) in [5.41, 5.74) is 5.08. The van der Waals surface area contributed by atoms with Gasteiger partial charge in [-0.2, -0.15) is 5.10 Å². The van der Waals surface area contributed by atoms with Gasteiger partial charge >= 0.3 is 0 Å². The highest BCUT2D eigenvalue weighted by Crippen LogP contribution is 2.17. The van der Waals surface area contributed by atoms with Crippen molar-refractivity contribution in [1.82, 2.24) is 9.78 Å². The summed E-state index contributed by atoms with van der Waals surface area (Å²) in [5, 5.41) is 16.7. The lowest BCUT2D eigenvalue weighted by atomic mass is 10.0. The Labute approximate surface area is 130 Å². The number of nitrogens with zero attached hydrogens (tertiary/aromatic N) is 2. The number of aliphatic hydroxyl groups is 1. The molecule has 1 fully saturated rings. The quantitative estimate of drug-likeness (QED) is 0.724. The molecular formula is C15H26N4O3. The molecule has 1 aliphatic rings. The molecule has 1 aliphatic heterocycles. The van der Waals surface area contributed by atoms with Crippen LogP contribution in [0.2, 0.25) is 0 Å². The third-order valence-electron chi connectivity index (χ3n) is 3.57. The summed E-state index contributed by atoms with van der Waals surface area (Å²) in [5.74, 6) is 0.178. The molecule has 124 valence electrons. The molecule has 0 bridgehead atoms. The van der Waals surface area contributed by atoms with Gasteiger partial charge in [-0.1, -0.05) is 0 Å². The fourth-order valence-corrected chi connectivity index (χ4v) is 2.52. The van der Waals surface area contributed by atoms with Gasteiger partial charge in [0.1, 0.15) is 0 Å². The normalized spacial score (nSPS) is 20.6. The van der Waals surface area contributed by atoms with Crippen molar-refractivity contribution in [2.75, 3.05) is 11.9 Å². The van der Waals surface area contributed by atoms with Crippen LogP contribution in [0.25, 0.3) is 0 Å². The van der Waals surface area contributed by atoms with E-state index in [4.69, 9.17) is 10.5 Å². The third-order valence-corrected chi connectivity index (χ3v) is 3.57. The van der Waals surface area contributed by atoms with Gasteiger partial charge in [0.15, 0.2) is 5.82 Å². The molecule has 0 aliphatic carbocycles. The lowest BCUT2D eigenvalue weighted by Crippen LogP contribution is -2.39. The zero-order valence-corrected chi connectivity index (χ0v) is 13.3. The van der Waals surface area contributed by atoms with Gasteiger partial charge in [-0.25, -0.2) is 0 Å². The Bertz CT molecular complexity index is 489. The van der Waals surface area contributed by atoms with Gasteiger partial charge in [-0.15, -0.1) is 0 Å². The van der Waals surface area contributed by atoms with Crippen molar-refractivity contribution in [3.05, 3.63) is 12.3 Å². The fraction of sp³-hybridized carbons (Fsp3) is 0.733. The first kappa shape index (κ1) is 16.9. The van der Waals surface area contributed by atoms with Gasteiger partial charge in [-0.05, 0) is 39.5 Å². The Kier molecular flexibility index (Phi) is 5.55. The lowest BCUT2D eigenvalue weighted by Gasteiger charge is -2.24. The second-order valence-electron chi connectivity index (χ2n) is 6.53. The summed E-state index contributed by atoms with van der Waals surface area (Å²) in [6.07, 6.45) is 5.47. The van der Waals surface area contributed by atoms with Crippen molar-refractivity contribution in [1.29, 1.82) is 0 Å². The van der Waals surface area contributed by atoms with Crippen LogP contribution in [0.5, 0.6) is 0 Å². The molecule has 2 atom stereocenters. The smallest absolute Gasteiger partial charge is 0.242 e. The van der Waals surface area contributed by atoms with Crippen molar-refractivity contribution >= 4 is 11.7 Å². The summed E-state index contributed by atoms with van der Waals surface area (Å²) >= 11 is 0. The number of hydrogen-bond donors (Lipinski definition) is 3. The highest BCUT2D eigenvalue weighted by atomic mass is 16.5. The predicted molar refractivity (Wildman–Crippen MR) is 83.3 cm³/mol. The van der Waals surface area contributed by atoms with Crippen LogP contribution in [0.3, 0.4) is 0 Å². The fourth-order valence-electron chi connectivity index (χ4n) is 2.52. The average molecular weight is 310 g/mol. The number of amides is 1. The zero-order chi connectivity index (χ0) is 16.2. The van der Waals surface area contributed by atoms with Gasteiger partial charge < -0.3 is 20.9 Å². The predicted octanol–water partition coefficient (Wildman–Crippen LogP) is 0.879. The SMILES string of the molecule is CC(C)(O)Cn1ccc(NC(=O)C(N)C[C@@H]2CCCCO2)n1. The molecule has 4 N–H and O–H groups in total. The highest BCUT2D eigenvalue weighted by molar-refractivity contribution is 5.93. The molecule has 0 spiro atoms. The second-order valence-corrected chi connectivity index (χ2v) is 6.53. The first-order chi connectivity index (χ1) is 10.3. The number of rotatable bonds is 6. The number of ether oxygens (including phenoxy) is 1. The van der Waals surface area contributed by atoms with Crippen molar-refractivity contribution in [3.8, 4) is 0 Å². The topological polar surface area (TPSA) is 102 Å². The van der Waals surface area contributed by atoms with E-state index in [1.807, 2.05) is 0 Å². The monoisotopic (exact) mass is 310 g/mol. The Morgan fingerprint density at radius 2 is 2.41 bits per heavy atom. The van der Waals surface area contributed by atoms with Crippen LogP contribution in [-0.2, 0) is 16.1 Å². The molecule has 0 radical (unpaired) electrons. The van der Waals surface area contributed by atoms with Crippen LogP contribution in [0.15, 0.2) is 12.3 Å². The molecule has 1 unspecified atom stereocenters. The summed E-state index contributed by atoms with van der Waals surface area (Å²) in [6.45, 7) is 4.51. The molecule has 22 heavy (non-hydrogen) atoms. The van der Waals surface area contributed by atoms with E-state index in [1.54, 1.807) is 30.8 Å². The zero-order valence-electron chi connectivity index (χ0n) is 13.3. The Hall–Kier alpha value is -1.44. The van der Waals surface area contributed by atoms with Crippen molar-refractivity contribution < 1.29 is 14.6 Å². The molecule has 0 aromatic carbocycles. The van der Waals surface area contributed by atoms with E-state index in [1.165, 1.54) is 0 Å². The molecule has 7 heteroatoms. The number of hydrogen-bond acceptors (Lipinski definition) is 5. The van der Waals surface area contributed by atoms with Crippen molar-refractivity contribution in [3.63, 3.8) is 0 Å². The number of aromatic nitrogens is 2.